The third-order valence-electron chi connectivity index (χ3n) is 4.10. The largest absolute Gasteiger partial charge is 0.493 e. The molecule has 0 fully saturated rings. The maximum atomic E-state index is 12.6. The Bertz CT molecular complexity index is 560. The summed E-state index contributed by atoms with van der Waals surface area (Å²) in [6, 6.07) is 4.24. The van der Waals surface area contributed by atoms with Gasteiger partial charge in [0.25, 0.3) is 0 Å². The van der Waals surface area contributed by atoms with E-state index < -0.39 is 0 Å². The van der Waals surface area contributed by atoms with Gasteiger partial charge in [-0.15, -0.1) is 0 Å². The Kier molecular flexibility index (Phi) is 4.69. The van der Waals surface area contributed by atoms with Gasteiger partial charge < -0.3 is 14.4 Å². The van der Waals surface area contributed by atoms with E-state index in [0.717, 1.165) is 23.5 Å². The molecule has 0 spiro atoms. The zero-order chi connectivity index (χ0) is 16.5. The standard InChI is InChI=1S/C18H27NO3/c1-12-7-13-8-15(21-5)16(22-6)9-14(13)11-19(12)17(20)10-18(2,3)4/h8-9,12H,7,10-11H2,1-6H3. The number of benzene rings is 1. The summed E-state index contributed by atoms with van der Waals surface area (Å²) in [6.45, 7) is 9.05. The van der Waals surface area contributed by atoms with Crippen molar-refractivity contribution in [3.05, 3.63) is 23.3 Å². The van der Waals surface area contributed by atoms with Gasteiger partial charge in [-0.05, 0) is 42.0 Å². The van der Waals surface area contributed by atoms with Crippen molar-refractivity contribution in [1.82, 2.24) is 4.90 Å². The fourth-order valence-corrected chi connectivity index (χ4v) is 2.96. The summed E-state index contributed by atoms with van der Waals surface area (Å²) in [5.74, 6) is 1.70. The third-order valence-corrected chi connectivity index (χ3v) is 4.10. The molecule has 4 nitrogen and oxygen atoms in total. The van der Waals surface area contributed by atoms with Gasteiger partial charge >= 0.3 is 0 Å². The van der Waals surface area contributed by atoms with Crippen LogP contribution in [-0.4, -0.2) is 31.1 Å². The number of nitrogens with zero attached hydrogens (tertiary/aromatic N) is 1. The number of amides is 1. The van der Waals surface area contributed by atoms with Crippen LogP contribution in [0.2, 0.25) is 0 Å². The third kappa shape index (κ3) is 3.54. The molecule has 22 heavy (non-hydrogen) atoms. The van der Waals surface area contributed by atoms with Crippen LogP contribution in [0.3, 0.4) is 0 Å². The van der Waals surface area contributed by atoms with Gasteiger partial charge in [0.1, 0.15) is 0 Å². The molecule has 1 aliphatic rings. The summed E-state index contributed by atoms with van der Waals surface area (Å²) < 4.78 is 10.7. The molecular weight excluding hydrogens is 278 g/mol. The highest BCUT2D eigenvalue weighted by Crippen LogP contribution is 2.35. The van der Waals surface area contributed by atoms with Gasteiger partial charge in [0, 0.05) is 19.0 Å². The lowest BCUT2D eigenvalue weighted by Gasteiger charge is -2.36. The van der Waals surface area contributed by atoms with Crippen molar-refractivity contribution in [3.63, 3.8) is 0 Å². The smallest absolute Gasteiger partial charge is 0.223 e. The average Bonchev–Trinajstić information content (AvgIpc) is 2.43. The summed E-state index contributed by atoms with van der Waals surface area (Å²) in [6.07, 6.45) is 1.42. The number of carbonyl (C=O) groups is 1. The van der Waals surface area contributed by atoms with Gasteiger partial charge in [0.2, 0.25) is 5.91 Å². The highest BCUT2D eigenvalue weighted by atomic mass is 16.5. The molecule has 1 unspecified atom stereocenters. The fraction of sp³-hybridized carbons (Fsp3) is 0.611. The molecule has 1 aromatic rings. The predicted octanol–water partition coefficient (Wildman–Crippen LogP) is 3.41. The zero-order valence-electron chi connectivity index (χ0n) is 14.5. The van der Waals surface area contributed by atoms with Crippen molar-refractivity contribution in [2.75, 3.05) is 14.2 Å². The summed E-state index contributed by atoms with van der Waals surface area (Å²) in [5, 5.41) is 0. The number of methoxy groups -OCH3 is 2. The van der Waals surface area contributed by atoms with E-state index in [-0.39, 0.29) is 17.4 Å². The highest BCUT2D eigenvalue weighted by Gasteiger charge is 2.30. The monoisotopic (exact) mass is 305 g/mol. The van der Waals surface area contributed by atoms with E-state index in [1.807, 2.05) is 17.0 Å². The minimum atomic E-state index is 0.00861. The van der Waals surface area contributed by atoms with Crippen molar-refractivity contribution in [1.29, 1.82) is 0 Å². The normalized spacial score (nSPS) is 17.9. The molecule has 0 N–H and O–H groups in total. The van der Waals surface area contributed by atoms with E-state index in [9.17, 15) is 4.79 Å². The molecule has 0 radical (unpaired) electrons. The Morgan fingerprint density at radius 1 is 1.18 bits per heavy atom. The molecule has 1 amide bonds. The van der Waals surface area contributed by atoms with E-state index >= 15 is 0 Å². The van der Waals surface area contributed by atoms with Crippen molar-refractivity contribution >= 4 is 5.91 Å². The molecule has 0 saturated heterocycles. The lowest BCUT2D eigenvalue weighted by molar-refractivity contribution is -0.136. The minimum absolute atomic E-state index is 0.00861. The number of ether oxygens (including phenoxy) is 2. The van der Waals surface area contributed by atoms with Gasteiger partial charge in [-0.3, -0.25) is 4.79 Å². The van der Waals surface area contributed by atoms with Crippen LogP contribution in [0.1, 0.15) is 45.2 Å². The number of hydrogen-bond acceptors (Lipinski definition) is 3. The Hall–Kier alpha value is -1.71. The Morgan fingerprint density at radius 3 is 2.23 bits per heavy atom. The summed E-state index contributed by atoms with van der Waals surface area (Å²) >= 11 is 0. The van der Waals surface area contributed by atoms with Gasteiger partial charge in [-0.2, -0.15) is 0 Å². The van der Waals surface area contributed by atoms with Gasteiger partial charge in [0.05, 0.1) is 14.2 Å². The quantitative estimate of drug-likeness (QED) is 0.859. The van der Waals surface area contributed by atoms with Gasteiger partial charge in [-0.1, -0.05) is 20.8 Å². The fourth-order valence-electron chi connectivity index (χ4n) is 2.96. The molecule has 1 heterocycles. The topological polar surface area (TPSA) is 38.8 Å². The second-order valence-electron chi connectivity index (χ2n) is 7.29. The van der Waals surface area contributed by atoms with Crippen LogP contribution in [0, 0.1) is 5.41 Å². The second kappa shape index (κ2) is 6.19. The minimum Gasteiger partial charge on any atom is -0.493 e. The first-order chi connectivity index (χ1) is 10.2. The first kappa shape index (κ1) is 16.7. The molecule has 1 atom stereocenters. The lowest BCUT2D eigenvalue weighted by Crippen LogP contribution is -2.43. The lowest BCUT2D eigenvalue weighted by atomic mass is 9.89. The predicted molar refractivity (Wildman–Crippen MR) is 87.3 cm³/mol. The second-order valence-corrected chi connectivity index (χ2v) is 7.29. The number of rotatable bonds is 3. The van der Waals surface area contributed by atoms with Crippen molar-refractivity contribution < 1.29 is 14.3 Å². The number of carbonyl (C=O) groups excluding carboxylic acids is 1. The van der Waals surface area contributed by atoms with Crippen molar-refractivity contribution in [2.45, 2.75) is 53.1 Å². The first-order valence-corrected chi connectivity index (χ1v) is 7.78. The molecule has 2 rings (SSSR count). The number of fused-ring (bicyclic) bond motifs is 1. The van der Waals surface area contributed by atoms with Crippen LogP contribution >= 0.6 is 0 Å². The van der Waals surface area contributed by atoms with Crippen LogP contribution in [0.15, 0.2) is 12.1 Å². The van der Waals surface area contributed by atoms with Crippen LogP contribution in [0.5, 0.6) is 11.5 Å². The Balaban J connectivity index is 2.27. The Labute approximate surface area is 133 Å². The van der Waals surface area contributed by atoms with Crippen LogP contribution < -0.4 is 9.47 Å². The molecule has 0 aromatic heterocycles. The maximum Gasteiger partial charge on any atom is 0.223 e. The van der Waals surface area contributed by atoms with E-state index in [0.29, 0.717) is 13.0 Å². The van der Waals surface area contributed by atoms with Crippen LogP contribution in [-0.2, 0) is 17.8 Å². The van der Waals surface area contributed by atoms with Crippen LogP contribution in [0.25, 0.3) is 0 Å². The summed E-state index contributed by atoms with van der Waals surface area (Å²) in [5.41, 5.74) is 2.40. The molecule has 122 valence electrons. The number of hydrogen-bond donors (Lipinski definition) is 0. The Morgan fingerprint density at radius 2 is 1.73 bits per heavy atom. The molecular formula is C18H27NO3. The molecule has 1 aliphatic heterocycles. The molecule has 4 heteroatoms. The van der Waals surface area contributed by atoms with E-state index in [2.05, 4.69) is 27.7 Å². The van der Waals surface area contributed by atoms with E-state index in [4.69, 9.17) is 9.47 Å². The maximum absolute atomic E-state index is 12.6. The molecule has 1 aromatic carbocycles. The van der Waals surface area contributed by atoms with Crippen molar-refractivity contribution in [2.24, 2.45) is 5.41 Å². The highest BCUT2D eigenvalue weighted by molar-refractivity contribution is 5.77. The summed E-state index contributed by atoms with van der Waals surface area (Å²) in [7, 11) is 3.29. The SMILES string of the molecule is COc1cc2c(cc1OC)CN(C(=O)CC(C)(C)C)C(C)C2. The van der Waals surface area contributed by atoms with E-state index in [1.165, 1.54) is 5.56 Å². The zero-order valence-corrected chi connectivity index (χ0v) is 14.5. The van der Waals surface area contributed by atoms with E-state index in [1.54, 1.807) is 14.2 Å². The van der Waals surface area contributed by atoms with Crippen molar-refractivity contribution in [3.8, 4) is 11.5 Å². The van der Waals surface area contributed by atoms with Gasteiger partial charge in [0.15, 0.2) is 11.5 Å². The van der Waals surface area contributed by atoms with Gasteiger partial charge in [-0.25, -0.2) is 0 Å². The molecule has 0 aliphatic carbocycles. The van der Waals surface area contributed by atoms with Crippen LogP contribution in [0.4, 0.5) is 0 Å². The molecule has 0 saturated carbocycles. The summed E-state index contributed by atoms with van der Waals surface area (Å²) in [4.78, 5) is 14.6. The first-order valence-electron chi connectivity index (χ1n) is 7.78. The average molecular weight is 305 g/mol. The molecule has 0 bridgehead atoms.